The Bertz CT molecular complexity index is 474. The van der Waals surface area contributed by atoms with Gasteiger partial charge in [-0.1, -0.05) is 6.07 Å². The molecule has 3 N–H and O–H groups in total. The number of carbonyl (C=O) groups is 1. The highest BCUT2D eigenvalue weighted by Gasteiger charge is 2.33. The number of piperidine rings is 1. The molecule has 0 aromatic heterocycles. The molecule has 96 valence electrons. The highest BCUT2D eigenvalue weighted by Crippen LogP contribution is 2.37. The minimum Gasteiger partial charge on any atom is -0.507 e. The number of nitrogens with one attached hydrogen (secondary N) is 2. The van der Waals surface area contributed by atoms with E-state index in [-0.39, 0.29) is 17.7 Å². The Morgan fingerprint density at radius 3 is 2.89 bits per heavy atom. The summed E-state index contributed by atoms with van der Waals surface area (Å²) in [6.07, 6.45) is 1.90. The van der Waals surface area contributed by atoms with Gasteiger partial charge in [-0.25, -0.2) is 0 Å². The van der Waals surface area contributed by atoms with Crippen LogP contribution < -0.4 is 10.0 Å². The standard InChI is InChI=1S/C12H15N3O2S/c16-10-3-1-2-9-11(10)12(17)15(18-14-9)8-4-6-13-7-5-8/h1-3,8,13-14,16H,4-7H2. The van der Waals surface area contributed by atoms with Crippen molar-refractivity contribution in [1.29, 1.82) is 0 Å². The van der Waals surface area contributed by atoms with Gasteiger partial charge >= 0.3 is 0 Å². The number of phenolic OH excluding ortho intramolecular Hbond substituents is 1. The Morgan fingerprint density at radius 1 is 1.33 bits per heavy atom. The second-order valence-electron chi connectivity index (χ2n) is 4.51. The molecule has 0 spiro atoms. The number of benzene rings is 1. The molecule has 5 nitrogen and oxygen atoms in total. The van der Waals surface area contributed by atoms with Gasteiger partial charge < -0.3 is 15.1 Å². The zero-order valence-electron chi connectivity index (χ0n) is 9.85. The minimum atomic E-state index is -0.0984. The van der Waals surface area contributed by atoms with Crippen molar-refractivity contribution in [2.24, 2.45) is 0 Å². The van der Waals surface area contributed by atoms with Gasteiger partial charge in [0.25, 0.3) is 5.91 Å². The average molecular weight is 265 g/mol. The largest absolute Gasteiger partial charge is 0.507 e. The van der Waals surface area contributed by atoms with Gasteiger partial charge in [-0.05, 0) is 38.1 Å². The Kier molecular flexibility index (Phi) is 3.05. The van der Waals surface area contributed by atoms with Crippen LogP contribution in [0.25, 0.3) is 0 Å². The Hall–Kier alpha value is -1.40. The van der Waals surface area contributed by atoms with E-state index in [2.05, 4.69) is 10.0 Å². The summed E-state index contributed by atoms with van der Waals surface area (Å²) in [6, 6.07) is 5.31. The SMILES string of the molecule is O=C1c2c(O)cccc2NSN1C1CCNCC1. The third kappa shape index (κ3) is 1.91. The number of nitrogens with zero attached hydrogens (tertiary/aromatic N) is 1. The molecule has 1 fully saturated rings. The van der Waals surface area contributed by atoms with Gasteiger partial charge in [-0.15, -0.1) is 0 Å². The maximum absolute atomic E-state index is 12.4. The molecule has 18 heavy (non-hydrogen) atoms. The topological polar surface area (TPSA) is 64.6 Å². The third-order valence-corrected chi connectivity index (χ3v) is 4.32. The molecule has 2 heterocycles. The fourth-order valence-corrected chi connectivity index (χ4v) is 3.28. The van der Waals surface area contributed by atoms with E-state index in [0.717, 1.165) is 25.9 Å². The molecule has 0 atom stereocenters. The highest BCUT2D eigenvalue weighted by molar-refractivity contribution is 7.99. The molecular weight excluding hydrogens is 250 g/mol. The summed E-state index contributed by atoms with van der Waals surface area (Å²) in [5, 5.41) is 13.1. The lowest BCUT2D eigenvalue weighted by Crippen LogP contribution is -2.44. The van der Waals surface area contributed by atoms with Crippen molar-refractivity contribution in [3.63, 3.8) is 0 Å². The molecule has 2 aliphatic heterocycles. The second-order valence-corrected chi connectivity index (χ2v) is 5.29. The van der Waals surface area contributed by atoms with Gasteiger partial charge in [-0.2, -0.15) is 0 Å². The zero-order chi connectivity index (χ0) is 12.5. The molecule has 6 heteroatoms. The minimum absolute atomic E-state index is 0.0456. The summed E-state index contributed by atoms with van der Waals surface area (Å²) in [7, 11) is 0. The van der Waals surface area contributed by atoms with Gasteiger partial charge in [-0.3, -0.25) is 9.10 Å². The van der Waals surface area contributed by atoms with Crippen LogP contribution >= 0.6 is 12.1 Å². The van der Waals surface area contributed by atoms with Crippen molar-refractivity contribution < 1.29 is 9.90 Å². The summed E-state index contributed by atoms with van der Waals surface area (Å²) in [4.78, 5) is 12.4. The van der Waals surface area contributed by atoms with Gasteiger partial charge in [0.2, 0.25) is 0 Å². The maximum Gasteiger partial charge on any atom is 0.271 e. The molecule has 3 rings (SSSR count). The molecule has 0 radical (unpaired) electrons. The molecule has 0 bridgehead atoms. The predicted molar refractivity (Wildman–Crippen MR) is 71.4 cm³/mol. The van der Waals surface area contributed by atoms with E-state index in [1.807, 2.05) is 0 Å². The first-order valence-electron chi connectivity index (χ1n) is 6.06. The number of aromatic hydroxyl groups is 1. The first-order valence-corrected chi connectivity index (χ1v) is 6.84. The molecular formula is C12H15N3O2S. The van der Waals surface area contributed by atoms with E-state index in [0.29, 0.717) is 11.3 Å². The van der Waals surface area contributed by atoms with E-state index >= 15 is 0 Å². The van der Waals surface area contributed by atoms with Gasteiger partial charge in [0, 0.05) is 6.04 Å². The second kappa shape index (κ2) is 4.70. The first-order chi connectivity index (χ1) is 8.77. The number of anilines is 1. The summed E-state index contributed by atoms with van der Waals surface area (Å²) < 4.78 is 4.88. The van der Waals surface area contributed by atoms with E-state index in [4.69, 9.17) is 0 Å². The van der Waals surface area contributed by atoms with E-state index in [1.54, 1.807) is 22.5 Å². The molecule has 0 aliphatic carbocycles. The van der Waals surface area contributed by atoms with Crippen LogP contribution in [0.1, 0.15) is 23.2 Å². The average Bonchev–Trinajstić information content (AvgIpc) is 2.40. The van der Waals surface area contributed by atoms with Crippen LogP contribution in [-0.4, -0.2) is 34.5 Å². The number of hydrogen-bond acceptors (Lipinski definition) is 5. The fraction of sp³-hybridized carbons (Fsp3) is 0.417. The summed E-state index contributed by atoms with van der Waals surface area (Å²) in [5.41, 5.74) is 1.07. The van der Waals surface area contributed by atoms with Gasteiger partial charge in [0.1, 0.15) is 11.3 Å². The molecule has 1 aromatic rings. The van der Waals surface area contributed by atoms with Crippen LogP contribution in [0.3, 0.4) is 0 Å². The van der Waals surface area contributed by atoms with Crippen LogP contribution in [0, 0.1) is 0 Å². The Labute approximate surface area is 110 Å². The van der Waals surface area contributed by atoms with Crippen molar-refractivity contribution >= 4 is 23.7 Å². The summed E-state index contributed by atoms with van der Waals surface area (Å²) >= 11 is 1.32. The molecule has 0 unspecified atom stereocenters. The quantitative estimate of drug-likeness (QED) is 0.673. The normalized spacial score (nSPS) is 20.4. The molecule has 1 aromatic carbocycles. The van der Waals surface area contributed by atoms with Crippen LogP contribution in [0.5, 0.6) is 5.75 Å². The smallest absolute Gasteiger partial charge is 0.271 e. The predicted octanol–water partition coefficient (Wildman–Crippen LogP) is 1.58. The maximum atomic E-state index is 12.4. The summed E-state index contributed by atoms with van der Waals surface area (Å²) in [5.74, 6) is -0.0528. The zero-order valence-corrected chi connectivity index (χ0v) is 10.7. The number of carbonyl (C=O) groups excluding carboxylic acids is 1. The van der Waals surface area contributed by atoms with E-state index in [1.165, 1.54) is 12.1 Å². The molecule has 2 aliphatic rings. The number of rotatable bonds is 1. The van der Waals surface area contributed by atoms with Crippen molar-refractivity contribution in [1.82, 2.24) is 9.62 Å². The number of amides is 1. The molecule has 1 saturated heterocycles. The fourth-order valence-electron chi connectivity index (χ4n) is 2.38. The van der Waals surface area contributed by atoms with Crippen LogP contribution in [0.4, 0.5) is 5.69 Å². The van der Waals surface area contributed by atoms with Crippen LogP contribution in [0.15, 0.2) is 18.2 Å². The van der Waals surface area contributed by atoms with Crippen LogP contribution in [0.2, 0.25) is 0 Å². The lowest BCUT2D eigenvalue weighted by atomic mass is 10.0. The van der Waals surface area contributed by atoms with Crippen LogP contribution in [-0.2, 0) is 0 Å². The van der Waals surface area contributed by atoms with E-state index < -0.39 is 0 Å². The highest BCUT2D eigenvalue weighted by atomic mass is 32.2. The van der Waals surface area contributed by atoms with Gasteiger partial charge in [0.15, 0.2) is 0 Å². The Morgan fingerprint density at radius 2 is 2.11 bits per heavy atom. The lowest BCUT2D eigenvalue weighted by Gasteiger charge is -2.36. The first kappa shape index (κ1) is 11.7. The Balaban J connectivity index is 1.89. The van der Waals surface area contributed by atoms with Crippen molar-refractivity contribution in [2.45, 2.75) is 18.9 Å². The van der Waals surface area contributed by atoms with Gasteiger partial charge in [0.05, 0.1) is 17.8 Å². The van der Waals surface area contributed by atoms with Crippen molar-refractivity contribution in [3.05, 3.63) is 23.8 Å². The number of fused-ring (bicyclic) bond motifs is 1. The number of hydrogen-bond donors (Lipinski definition) is 3. The molecule has 0 saturated carbocycles. The van der Waals surface area contributed by atoms with Crippen molar-refractivity contribution in [2.75, 3.05) is 17.8 Å². The van der Waals surface area contributed by atoms with Crippen molar-refractivity contribution in [3.8, 4) is 5.75 Å². The third-order valence-electron chi connectivity index (χ3n) is 3.35. The van der Waals surface area contributed by atoms with E-state index in [9.17, 15) is 9.90 Å². The lowest BCUT2D eigenvalue weighted by molar-refractivity contribution is 0.0813. The monoisotopic (exact) mass is 265 g/mol. The number of phenols is 1. The summed E-state index contributed by atoms with van der Waals surface area (Å²) in [6.45, 7) is 1.87. The molecule has 1 amide bonds.